The Morgan fingerprint density at radius 3 is 2.42 bits per heavy atom. The number of carbonyl (C=O) groups excluding carboxylic acids is 3. The fourth-order valence-corrected chi connectivity index (χ4v) is 3.81. The number of benzene rings is 1. The van der Waals surface area contributed by atoms with Gasteiger partial charge in [0.1, 0.15) is 17.7 Å². The summed E-state index contributed by atoms with van der Waals surface area (Å²) in [6.45, 7) is 5.81. The van der Waals surface area contributed by atoms with Crippen LogP contribution in [0.5, 0.6) is 0 Å². The molecule has 0 aromatic heterocycles. The van der Waals surface area contributed by atoms with Crippen molar-refractivity contribution in [3.8, 4) is 0 Å². The highest BCUT2D eigenvalue weighted by molar-refractivity contribution is 5.92. The van der Waals surface area contributed by atoms with Gasteiger partial charge in [-0.15, -0.1) is 0 Å². The summed E-state index contributed by atoms with van der Waals surface area (Å²) in [4.78, 5) is 40.1. The van der Waals surface area contributed by atoms with Gasteiger partial charge >= 0.3 is 6.09 Å². The van der Waals surface area contributed by atoms with Gasteiger partial charge in [0.2, 0.25) is 5.91 Å². The number of hydrogen-bond acceptors (Lipinski definition) is 5. The third-order valence-corrected chi connectivity index (χ3v) is 5.61. The van der Waals surface area contributed by atoms with Crippen LogP contribution in [-0.2, 0) is 20.7 Å². The fraction of sp³-hybridized carbons (Fsp3) is 0.609. The van der Waals surface area contributed by atoms with Crippen molar-refractivity contribution in [1.82, 2.24) is 21.1 Å². The lowest BCUT2D eigenvalue weighted by Crippen LogP contribution is -2.57. The van der Waals surface area contributed by atoms with E-state index in [0.717, 1.165) is 24.8 Å². The van der Waals surface area contributed by atoms with Crippen LogP contribution in [0.2, 0.25) is 0 Å². The van der Waals surface area contributed by atoms with Gasteiger partial charge < -0.3 is 15.0 Å². The van der Waals surface area contributed by atoms with Crippen molar-refractivity contribution in [3.05, 3.63) is 35.9 Å². The Morgan fingerprint density at radius 1 is 1.10 bits per heavy atom. The van der Waals surface area contributed by atoms with Gasteiger partial charge in [-0.3, -0.25) is 15.0 Å². The molecule has 3 amide bonds. The predicted octanol–water partition coefficient (Wildman–Crippen LogP) is 2.29. The van der Waals surface area contributed by atoms with Crippen LogP contribution in [0.1, 0.15) is 58.4 Å². The van der Waals surface area contributed by atoms with Gasteiger partial charge in [-0.2, -0.15) is 0 Å². The van der Waals surface area contributed by atoms with Crippen LogP contribution >= 0.6 is 0 Å². The van der Waals surface area contributed by atoms with Gasteiger partial charge in [-0.25, -0.2) is 10.2 Å². The number of alkyl carbamates (subject to hydrolysis) is 1. The second-order valence-electron chi connectivity index (χ2n) is 9.34. The summed E-state index contributed by atoms with van der Waals surface area (Å²) in [5.41, 5.74) is 6.08. The molecule has 3 N–H and O–H groups in total. The lowest BCUT2D eigenvalue weighted by Gasteiger charge is -2.31. The molecule has 0 radical (unpaired) electrons. The predicted molar refractivity (Wildman–Crippen MR) is 117 cm³/mol. The summed E-state index contributed by atoms with van der Waals surface area (Å²) in [5.74, 6) is -0.468. The second-order valence-corrected chi connectivity index (χ2v) is 9.34. The minimum atomic E-state index is -0.815. The van der Waals surface area contributed by atoms with Crippen molar-refractivity contribution in [2.75, 3.05) is 6.54 Å². The highest BCUT2D eigenvalue weighted by atomic mass is 16.6. The number of nitrogens with one attached hydrogen (secondary N) is 3. The Balaban J connectivity index is 1.69. The second kappa shape index (κ2) is 10.1. The van der Waals surface area contributed by atoms with Crippen LogP contribution < -0.4 is 16.2 Å². The fourth-order valence-electron chi connectivity index (χ4n) is 3.81. The van der Waals surface area contributed by atoms with Crippen LogP contribution in [0.25, 0.3) is 0 Å². The normalized spacial score (nSPS) is 20.0. The van der Waals surface area contributed by atoms with Crippen LogP contribution in [0, 0.1) is 0 Å². The quantitative estimate of drug-likeness (QED) is 0.577. The molecule has 170 valence electrons. The first-order chi connectivity index (χ1) is 14.7. The highest BCUT2D eigenvalue weighted by Crippen LogP contribution is 2.21. The largest absolute Gasteiger partial charge is 0.444 e. The number of hydrazine groups is 1. The molecule has 3 rings (SSSR count). The monoisotopic (exact) mass is 430 g/mol. The van der Waals surface area contributed by atoms with E-state index in [4.69, 9.17) is 4.74 Å². The van der Waals surface area contributed by atoms with E-state index in [1.165, 1.54) is 6.42 Å². The molecule has 8 heteroatoms. The Bertz CT molecular complexity index is 774. The lowest BCUT2D eigenvalue weighted by molar-refractivity contribution is -0.140. The zero-order chi connectivity index (χ0) is 22.4. The maximum atomic E-state index is 13.4. The van der Waals surface area contributed by atoms with Gasteiger partial charge in [0, 0.05) is 19.0 Å². The smallest absolute Gasteiger partial charge is 0.408 e. The van der Waals surface area contributed by atoms with Crippen molar-refractivity contribution < 1.29 is 19.1 Å². The van der Waals surface area contributed by atoms with E-state index in [1.54, 1.807) is 25.7 Å². The first kappa shape index (κ1) is 23.1. The SMILES string of the molecule is CC(C)(C)OC(=O)N[C@@H](Cc1ccccc1)C(=O)N1CCC[C@H]1C(=O)NNC1CCC1. The Labute approximate surface area is 184 Å². The topological polar surface area (TPSA) is 99.8 Å². The van der Waals surface area contributed by atoms with Gasteiger partial charge in [0.25, 0.3) is 5.91 Å². The zero-order valence-corrected chi connectivity index (χ0v) is 18.6. The van der Waals surface area contributed by atoms with E-state index in [1.807, 2.05) is 30.3 Å². The minimum absolute atomic E-state index is 0.200. The molecule has 31 heavy (non-hydrogen) atoms. The molecule has 1 aliphatic heterocycles. The summed E-state index contributed by atoms with van der Waals surface area (Å²) in [7, 11) is 0. The molecule has 2 atom stereocenters. The number of rotatable bonds is 7. The van der Waals surface area contributed by atoms with Gasteiger partial charge in [-0.1, -0.05) is 36.8 Å². The minimum Gasteiger partial charge on any atom is -0.444 e. The number of nitrogens with zero attached hydrogens (tertiary/aromatic N) is 1. The molecule has 2 aliphatic rings. The zero-order valence-electron chi connectivity index (χ0n) is 18.6. The lowest BCUT2D eigenvalue weighted by atomic mass is 9.94. The Kier molecular flexibility index (Phi) is 7.54. The van der Waals surface area contributed by atoms with E-state index >= 15 is 0 Å². The van der Waals surface area contributed by atoms with Crippen molar-refractivity contribution in [3.63, 3.8) is 0 Å². The van der Waals surface area contributed by atoms with Gasteiger partial charge in [-0.05, 0) is 52.0 Å². The summed E-state index contributed by atoms with van der Waals surface area (Å²) in [5, 5.41) is 2.73. The first-order valence-electron chi connectivity index (χ1n) is 11.1. The molecule has 2 fully saturated rings. The highest BCUT2D eigenvalue weighted by Gasteiger charge is 2.38. The molecular formula is C23H34N4O4. The third kappa shape index (κ3) is 6.69. The molecule has 1 saturated carbocycles. The third-order valence-electron chi connectivity index (χ3n) is 5.61. The molecule has 1 aliphatic carbocycles. The molecule has 1 aromatic rings. The molecule has 0 bridgehead atoms. The van der Waals surface area contributed by atoms with Crippen LogP contribution in [0.15, 0.2) is 30.3 Å². The van der Waals surface area contributed by atoms with E-state index in [9.17, 15) is 14.4 Å². The molecule has 1 aromatic carbocycles. The maximum absolute atomic E-state index is 13.4. The van der Waals surface area contributed by atoms with Crippen LogP contribution in [0.4, 0.5) is 4.79 Å². The van der Waals surface area contributed by atoms with Gasteiger partial charge in [0.05, 0.1) is 0 Å². The maximum Gasteiger partial charge on any atom is 0.408 e. The molecule has 0 unspecified atom stereocenters. The van der Waals surface area contributed by atoms with Crippen molar-refractivity contribution in [1.29, 1.82) is 0 Å². The molecule has 1 saturated heterocycles. The Morgan fingerprint density at radius 2 is 1.81 bits per heavy atom. The molecular weight excluding hydrogens is 396 g/mol. The molecule has 8 nitrogen and oxygen atoms in total. The van der Waals surface area contributed by atoms with E-state index in [0.29, 0.717) is 25.4 Å². The van der Waals surface area contributed by atoms with Crippen molar-refractivity contribution in [2.24, 2.45) is 0 Å². The molecule has 1 heterocycles. The number of ether oxygens (including phenoxy) is 1. The summed E-state index contributed by atoms with van der Waals surface area (Å²) in [6.07, 6.45) is 4.29. The number of likely N-dealkylation sites (tertiary alicyclic amines) is 1. The van der Waals surface area contributed by atoms with E-state index < -0.39 is 23.8 Å². The Hall–Kier alpha value is -2.61. The van der Waals surface area contributed by atoms with Crippen molar-refractivity contribution >= 4 is 17.9 Å². The first-order valence-corrected chi connectivity index (χ1v) is 11.1. The van der Waals surface area contributed by atoms with Crippen LogP contribution in [0.3, 0.4) is 0 Å². The summed E-state index contributed by atoms with van der Waals surface area (Å²) in [6, 6.07) is 8.46. The average Bonchev–Trinajstić information content (AvgIpc) is 3.15. The van der Waals surface area contributed by atoms with Crippen LogP contribution in [-0.4, -0.2) is 53.1 Å². The number of carbonyl (C=O) groups is 3. The van der Waals surface area contributed by atoms with Crippen molar-refractivity contribution in [2.45, 2.75) is 83.0 Å². The van der Waals surface area contributed by atoms with E-state index in [-0.39, 0.29) is 11.8 Å². The number of amides is 3. The average molecular weight is 431 g/mol. The summed E-state index contributed by atoms with van der Waals surface area (Å²) < 4.78 is 5.37. The summed E-state index contributed by atoms with van der Waals surface area (Å²) >= 11 is 0. The van der Waals surface area contributed by atoms with Gasteiger partial charge in [0.15, 0.2) is 0 Å². The standard InChI is InChI=1S/C23H34N4O4/c1-23(2,3)31-22(30)24-18(15-16-9-5-4-6-10-16)21(29)27-14-8-13-19(27)20(28)26-25-17-11-7-12-17/h4-6,9-10,17-19,25H,7-8,11-15H2,1-3H3,(H,24,30)(H,26,28)/t18-,19-/m0/s1. The number of hydrogen-bond donors (Lipinski definition) is 3. The molecule has 0 spiro atoms. The van der Waals surface area contributed by atoms with E-state index in [2.05, 4.69) is 16.2 Å².